The number of hydrogen-bond donors (Lipinski definition) is 0. The molecule has 0 unspecified atom stereocenters. The maximum absolute atomic E-state index is 2.53. The molecule has 0 heteroatoms. The van der Waals surface area contributed by atoms with Crippen molar-refractivity contribution in [1.29, 1.82) is 0 Å². The molecule has 274 valence electrons. The zero-order valence-corrected chi connectivity index (χ0v) is 32.4. The molecular formula is C59H38. The lowest BCUT2D eigenvalue weighted by molar-refractivity contribution is 0.794. The van der Waals surface area contributed by atoms with E-state index in [4.69, 9.17) is 0 Å². The third kappa shape index (κ3) is 5.03. The molecule has 10 aromatic carbocycles. The lowest BCUT2D eigenvalue weighted by Crippen LogP contribution is -2.25. The van der Waals surface area contributed by atoms with E-state index in [1.807, 2.05) is 0 Å². The fraction of sp³-hybridized carbons (Fsp3) is 0.0169. The van der Waals surface area contributed by atoms with Crippen molar-refractivity contribution in [2.24, 2.45) is 0 Å². The van der Waals surface area contributed by atoms with Crippen LogP contribution < -0.4 is 0 Å². The van der Waals surface area contributed by atoms with Gasteiger partial charge in [0.05, 0.1) is 5.41 Å². The van der Waals surface area contributed by atoms with E-state index in [0.29, 0.717) is 0 Å². The first kappa shape index (κ1) is 33.6. The molecule has 1 spiro atoms. The van der Waals surface area contributed by atoms with Crippen LogP contribution in [-0.4, -0.2) is 0 Å². The van der Waals surface area contributed by atoms with Gasteiger partial charge < -0.3 is 0 Å². The summed E-state index contributed by atoms with van der Waals surface area (Å²) >= 11 is 0. The summed E-state index contributed by atoms with van der Waals surface area (Å²) in [4.78, 5) is 0. The molecule has 0 saturated heterocycles. The summed E-state index contributed by atoms with van der Waals surface area (Å²) in [5, 5.41) is 5.05. The van der Waals surface area contributed by atoms with Gasteiger partial charge >= 0.3 is 0 Å². The summed E-state index contributed by atoms with van der Waals surface area (Å²) in [5.41, 5.74) is 20.2. The molecule has 0 aromatic heterocycles. The second-order valence-corrected chi connectivity index (χ2v) is 15.9. The van der Waals surface area contributed by atoms with E-state index in [1.54, 1.807) is 0 Å². The van der Waals surface area contributed by atoms with Gasteiger partial charge in [0.2, 0.25) is 0 Å². The van der Waals surface area contributed by atoms with Gasteiger partial charge in [0.25, 0.3) is 0 Å². The number of hydrogen-bond acceptors (Lipinski definition) is 0. The zero-order chi connectivity index (χ0) is 38.9. The van der Waals surface area contributed by atoms with Crippen LogP contribution >= 0.6 is 0 Å². The molecule has 0 aliphatic heterocycles. The minimum Gasteiger partial charge on any atom is -0.0622 e. The molecule has 2 aliphatic carbocycles. The zero-order valence-electron chi connectivity index (χ0n) is 32.4. The first-order valence-corrected chi connectivity index (χ1v) is 20.6. The molecule has 0 heterocycles. The molecule has 12 rings (SSSR count). The smallest absolute Gasteiger partial charge is 0.0622 e. The van der Waals surface area contributed by atoms with Gasteiger partial charge in [0, 0.05) is 0 Å². The second-order valence-electron chi connectivity index (χ2n) is 15.9. The Labute approximate surface area is 345 Å². The summed E-state index contributed by atoms with van der Waals surface area (Å²) < 4.78 is 0. The van der Waals surface area contributed by atoms with Gasteiger partial charge in [0.15, 0.2) is 0 Å². The predicted molar refractivity (Wildman–Crippen MR) is 249 cm³/mol. The first-order valence-electron chi connectivity index (χ1n) is 20.6. The topological polar surface area (TPSA) is 0 Å². The van der Waals surface area contributed by atoms with Crippen molar-refractivity contribution in [1.82, 2.24) is 0 Å². The quantitative estimate of drug-likeness (QED) is 0.122. The van der Waals surface area contributed by atoms with E-state index >= 15 is 0 Å². The Morgan fingerprint density at radius 2 is 0.610 bits per heavy atom. The third-order valence-electron chi connectivity index (χ3n) is 12.9. The van der Waals surface area contributed by atoms with Crippen molar-refractivity contribution in [2.75, 3.05) is 0 Å². The van der Waals surface area contributed by atoms with Crippen LogP contribution in [0.25, 0.3) is 89.3 Å². The lowest BCUT2D eigenvalue weighted by atomic mass is 9.70. The second kappa shape index (κ2) is 13.3. The maximum atomic E-state index is 2.53. The van der Waals surface area contributed by atoms with Crippen LogP contribution in [0.15, 0.2) is 218 Å². The fourth-order valence-corrected chi connectivity index (χ4v) is 10.4. The molecule has 59 heavy (non-hydrogen) atoms. The van der Waals surface area contributed by atoms with Crippen LogP contribution in [0.1, 0.15) is 33.4 Å². The SMILES string of the molecule is C(=C\c1ccc(-c2c3ccccc3c(-c3ccc4c(c3)C3(c5ccccc5-c5ccccc53)c3ccccc3-4)c3ccccc23)cc1)/c1ccc(-c2ccccc2)cc1. The lowest BCUT2D eigenvalue weighted by Gasteiger charge is -2.30. The Bertz CT molecular complexity index is 3170. The van der Waals surface area contributed by atoms with E-state index in [0.717, 1.165) is 0 Å². The summed E-state index contributed by atoms with van der Waals surface area (Å²) in [5.74, 6) is 0. The molecule has 0 N–H and O–H groups in total. The molecule has 0 saturated carbocycles. The molecular weight excluding hydrogens is 709 g/mol. The van der Waals surface area contributed by atoms with Gasteiger partial charge in [-0.25, -0.2) is 0 Å². The van der Waals surface area contributed by atoms with Crippen molar-refractivity contribution < 1.29 is 0 Å². The van der Waals surface area contributed by atoms with Crippen molar-refractivity contribution in [3.05, 3.63) is 252 Å². The Morgan fingerprint density at radius 1 is 0.254 bits per heavy atom. The minimum atomic E-state index is -0.386. The Hall–Kier alpha value is -7.54. The number of rotatable bonds is 5. The number of fused-ring (bicyclic) bond motifs is 12. The molecule has 0 nitrogen and oxygen atoms in total. The van der Waals surface area contributed by atoms with Gasteiger partial charge in [0.1, 0.15) is 0 Å². The third-order valence-corrected chi connectivity index (χ3v) is 12.9. The standard InChI is InChI=1S/C59H38/c1-2-14-41(15-3-1)42-32-28-39(29-33-42)26-27-40-30-34-43(35-31-40)57-49-19-4-6-21-51(49)58(52-22-7-5-20-50(52)57)44-36-37-48-47-18-10-13-25-55(47)59(56(48)38-44)53-23-11-8-16-45(53)46-17-9-12-24-54(46)59/h1-38H/b27-26+. The van der Waals surface area contributed by atoms with Crippen LogP contribution in [0.5, 0.6) is 0 Å². The monoisotopic (exact) mass is 746 g/mol. The van der Waals surface area contributed by atoms with Crippen LogP contribution in [0, 0.1) is 0 Å². The molecule has 0 bridgehead atoms. The average Bonchev–Trinajstić information content (AvgIpc) is 3.78. The predicted octanol–water partition coefficient (Wildman–Crippen LogP) is 15.5. The van der Waals surface area contributed by atoms with Crippen LogP contribution in [0.3, 0.4) is 0 Å². The average molecular weight is 747 g/mol. The molecule has 0 radical (unpaired) electrons. The maximum Gasteiger partial charge on any atom is 0.0725 e. The summed E-state index contributed by atoms with van der Waals surface area (Å²) in [6, 6.07) is 80.9. The Kier molecular flexibility index (Phi) is 7.55. The summed E-state index contributed by atoms with van der Waals surface area (Å²) in [7, 11) is 0. The Morgan fingerprint density at radius 3 is 1.10 bits per heavy atom. The van der Waals surface area contributed by atoms with Crippen molar-refractivity contribution in [3.8, 4) is 55.6 Å². The van der Waals surface area contributed by atoms with Crippen molar-refractivity contribution >= 4 is 33.7 Å². The first-order chi connectivity index (χ1) is 29.3. The number of benzene rings is 10. The summed E-state index contributed by atoms with van der Waals surface area (Å²) in [6.07, 6.45) is 4.41. The summed E-state index contributed by atoms with van der Waals surface area (Å²) in [6.45, 7) is 0. The van der Waals surface area contributed by atoms with Gasteiger partial charge in [-0.2, -0.15) is 0 Å². The fourth-order valence-electron chi connectivity index (χ4n) is 10.4. The van der Waals surface area contributed by atoms with E-state index in [-0.39, 0.29) is 5.41 Å². The highest BCUT2D eigenvalue weighted by Crippen LogP contribution is 2.63. The van der Waals surface area contributed by atoms with Crippen molar-refractivity contribution in [2.45, 2.75) is 5.41 Å². The molecule has 0 amide bonds. The van der Waals surface area contributed by atoms with Gasteiger partial charge in [-0.3, -0.25) is 0 Å². The largest absolute Gasteiger partial charge is 0.0725 e. The highest BCUT2D eigenvalue weighted by Gasteiger charge is 2.51. The molecule has 0 fully saturated rings. The van der Waals surface area contributed by atoms with E-state index in [9.17, 15) is 0 Å². The Balaban J connectivity index is 0.989. The molecule has 10 aromatic rings. The van der Waals surface area contributed by atoms with Crippen LogP contribution in [-0.2, 0) is 5.41 Å². The van der Waals surface area contributed by atoms with E-state index < -0.39 is 0 Å². The van der Waals surface area contributed by atoms with Crippen LogP contribution in [0.4, 0.5) is 0 Å². The molecule has 0 atom stereocenters. The van der Waals surface area contributed by atoms with E-state index in [2.05, 4.69) is 231 Å². The van der Waals surface area contributed by atoms with Crippen LogP contribution in [0.2, 0.25) is 0 Å². The highest BCUT2D eigenvalue weighted by atomic mass is 14.5. The highest BCUT2D eigenvalue weighted by molar-refractivity contribution is 6.21. The van der Waals surface area contributed by atoms with Gasteiger partial charge in [-0.15, -0.1) is 0 Å². The minimum absolute atomic E-state index is 0.386. The van der Waals surface area contributed by atoms with Gasteiger partial charge in [-0.05, 0) is 117 Å². The molecule has 2 aliphatic rings. The normalized spacial score (nSPS) is 13.2. The van der Waals surface area contributed by atoms with E-state index in [1.165, 1.54) is 111 Å². The van der Waals surface area contributed by atoms with Crippen molar-refractivity contribution in [3.63, 3.8) is 0 Å². The van der Waals surface area contributed by atoms with Gasteiger partial charge in [-0.1, -0.05) is 224 Å².